The fourth-order valence-electron chi connectivity index (χ4n) is 4.23. The van der Waals surface area contributed by atoms with Crippen molar-refractivity contribution in [2.24, 2.45) is 0 Å². The van der Waals surface area contributed by atoms with Crippen LogP contribution in [0.5, 0.6) is 0 Å². The van der Waals surface area contributed by atoms with Crippen LogP contribution < -0.4 is 0 Å². The van der Waals surface area contributed by atoms with E-state index >= 15 is 0 Å². The van der Waals surface area contributed by atoms with Crippen molar-refractivity contribution >= 4 is 37.0 Å². The Morgan fingerprint density at radius 1 is 0.636 bits per heavy atom. The van der Waals surface area contributed by atoms with E-state index in [0.717, 1.165) is 51.1 Å². The van der Waals surface area contributed by atoms with Crippen LogP contribution in [0, 0.1) is 13.8 Å². The smallest absolute Gasteiger partial charge is 0.0590 e. The maximum absolute atomic E-state index is 5.11. The van der Waals surface area contributed by atoms with Crippen LogP contribution in [-0.4, -0.2) is 32.5 Å². The second-order valence-electron chi connectivity index (χ2n) is 8.54. The van der Waals surface area contributed by atoms with Crippen LogP contribution in [0.1, 0.15) is 16.7 Å². The summed E-state index contributed by atoms with van der Waals surface area (Å²) in [6.45, 7) is 5.01. The third-order valence-corrected chi connectivity index (χ3v) is 7.27. The van der Waals surface area contributed by atoms with Crippen LogP contribution in [0.2, 0.25) is 0 Å². The minimum Gasteiger partial charge on any atom is -0.0590 e. The SMILES string of the molecule is Cc1ccc(Cn2c(-c3ccc(C)cc3)nc3cc(-c4ccc5n[se]nc5c4)ccc32)cc1. The third kappa shape index (κ3) is 3.80. The minimum absolute atomic E-state index is 0.0113. The summed E-state index contributed by atoms with van der Waals surface area (Å²) in [7, 11) is 0. The Morgan fingerprint density at radius 3 is 2.00 bits per heavy atom. The molecule has 0 aliphatic carbocycles. The molecule has 6 aromatic rings. The third-order valence-electron chi connectivity index (χ3n) is 6.11. The van der Waals surface area contributed by atoms with E-state index in [0.29, 0.717) is 0 Å². The monoisotopic (exact) mass is 494 g/mol. The number of aromatic nitrogens is 4. The summed E-state index contributed by atoms with van der Waals surface area (Å²) in [4.78, 5) is 5.11. The molecule has 5 heteroatoms. The second-order valence-corrected chi connectivity index (χ2v) is 9.65. The molecule has 0 saturated carbocycles. The summed E-state index contributed by atoms with van der Waals surface area (Å²) in [6, 6.07) is 30.3. The van der Waals surface area contributed by atoms with Crippen molar-refractivity contribution in [3.05, 3.63) is 102 Å². The molecule has 0 atom stereocenters. The predicted octanol–water partition coefficient (Wildman–Crippen LogP) is 6.04. The van der Waals surface area contributed by atoms with E-state index in [-0.39, 0.29) is 15.0 Å². The van der Waals surface area contributed by atoms with Crippen molar-refractivity contribution in [2.75, 3.05) is 0 Å². The zero-order valence-corrected chi connectivity index (χ0v) is 20.2. The predicted molar refractivity (Wildman–Crippen MR) is 136 cm³/mol. The number of rotatable bonds is 4. The van der Waals surface area contributed by atoms with E-state index in [1.165, 1.54) is 16.7 Å². The molecule has 0 spiro atoms. The standard InChI is InChI=1S/C28H22N4Se/c1-18-3-7-20(8-4-18)17-32-27-14-12-23(22-11-13-24-25(15-22)31-33-30-24)16-26(27)29-28(32)21-9-5-19(2)6-10-21/h3-16H,17H2,1-2H3. The van der Waals surface area contributed by atoms with Gasteiger partial charge in [0.05, 0.1) is 0 Å². The van der Waals surface area contributed by atoms with Crippen molar-refractivity contribution < 1.29 is 0 Å². The molecule has 0 bridgehead atoms. The van der Waals surface area contributed by atoms with Crippen LogP contribution in [-0.2, 0) is 6.54 Å². The topological polar surface area (TPSA) is 43.6 Å². The van der Waals surface area contributed by atoms with Crippen LogP contribution in [0.4, 0.5) is 0 Å². The van der Waals surface area contributed by atoms with Crippen molar-refractivity contribution in [1.82, 2.24) is 17.5 Å². The second kappa shape index (κ2) is 8.11. The van der Waals surface area contributed by atoms with Gasteiger partial charge in [-0.05, 0) is 13.8 Å². The van der Waals surface area contributed by atoms with Gasteiger partial charge in [-0.25, -0.2) is 0 Å². The number of benzene rings is 4. The normalized spacial score (nSPS) is 11.5. The average Bonchev–Trinajstić information content (AvgIpc) is 3.45. The van der Waals surface area contributed by atoms with Gasteiger partial charge >= 0.3 is 162 Å². The Labute approximate surface area is 198 Å². The number of hydrogen-bond donors (Lipinski definition) is 0. The van der Waals surface area contributed by atoms with Crippen molar-refractivity contribution in [3.8, 4) is 22.5 Å². The van der Waals surface area contributed by atoms with Crippen LogP contribution >= 0.6 is 0 Å². The van der Waals surface area contributed by atoms with Crippen molar-refractivity contribution in [1.29, 1.82) is 0 Å². The molecule has 0 N–H and O–H groups in total. The number of fused-ring (bicyclic) bond motifs is 2. The summed E-state index contributed by atoms with van der Waals surface area (Å²) in [6.07, 6.45) is 0. The maximum atomic E-state index is 5.11. The van der Waals surface area contributed by atoms with Gasteiger partial charge in [-0.2, -0.15) is 0 Å². The summed E-state index contributed by atoms with van der Waals surface area (Å²) in [5.41, 5.74) is 11.4. The molecule has 2 aromatic heterocycles. The Hall–Kier alpha value is -3.53. The fraction of sp³-hybridized carbons (Fsp3) is 0.107. The molecular formula is C28H22N4Se. The molecule has 0 amide bonds. The molecule has 160 valence electrons. The number of aryl methyl sites for hydroxylation is 2. The summed E-state index contributed by atoms with van der Waals surface area (Å²) >= 11 is -0.0113. The van der Waals surface area contributed by atoms with E-state index in [9.17, 15) is 0 Å². The molecular weight excluding hydrogens is 471 g/mol. The van der Waals surface area contributed by atoms with Gasteiger partial charge in [-0.15, -0.1) is 0 Å². The molecule has 0 aliphatic heterocycles. The molecule has 33 heavy (non-hydrogen) atoms. The molecule has 4 aromatic carbocycles. The molecule has 2 heterocycles. The van der Waals surface area contributed by atoms with Gasteiger partial charge < -0.3 is 0 Å². The van der Waals surface area contributed by atoms with E-state index in [1.54, 1.807) is 0 Å². The fourth-order valence-corrected chi connectivity index (χ4v) is 5.32. The van der Waals surface area contributed by atoms with Gasteiger partial charge in [0.2, 0.25) is 0 Å². The molecule has 0 fully saturated rings. The Balaban J connectivity index is 1.50. The first kappa shape index (κ1) is 20.1. The Kier molecular flexibility index (Phi) is 4.94. The molecule has 0 aliphatic rings. The van der Waals surface area contributed by atoms with Gasteiger partial charge in [0.15, 0.2) is 0 Å². The zero-order valence-electron chi connectivity index (χ0n) is 18.5. The van der Waals surface area contributed by atoms with Gasteiger partial charge in [0, 0.05) is 0 Å². The van der Waals surface area contributed by atoms with Crippen LogP contribution in [0.25, 0.3) is 44.6 Å². The number of hydrogen-bond acceptors (Lipinski definition) is 3. The average molecular weight is 493 g/mol. The van der Waals surface area contributed by atoms with Crippen LogP contribution in [0.3, 0.4) is 0 Å². The Bertz CT molecular complexity index is 1590. The number of imidazole rings is 1. The van der Waals surface area contributed by atoms with Crippen molar-refractivity contribution in [3.63, 3.8) is 0 Å². The van der Waals surface area contributed by atoms with Crippen molar-refractivity contribution in [2.45, 2.75) is 20.4 Å². The van der Waals surface area contributed by atoms with Gasteiger partial charge in [-0.3, -0.25) is 0 Å². The van der Waals surface area contributed by atoms with E-state index in [4.69, 9.17) is 4.98 Å². The van der Waals surface area contributed by atoms with E-state index in [2.05, 4.69) is 111 Å². The first-order chi connectivity index (χ1) is 16.1. The quantitative estimate of drug-likeness (QED) is 0.282. The molecule has 0 radical (unpaired) electrons. The molecule has 0 unspecified atom stereocenters. The molecule has 4 nitrogen and oxygen atoms in total. The summed E-state index contributed by atoms with van der Waals surface area (Å²) in [5.74, 6) is 0.994. The molecule has 0 saturated heterocycles. The first-order valence-electron chi connectivity index (χ1n) is 11.0. The van der Waals surface area contributed by atoms with Gasteiger partial charge in [0.25, 0.3) is 0 Å². The van der Waals surface area contributed by atoms with Gasteiger partial charge in [0.1, 0.15) is 0 Å². The Morgan fingerprint density at radius 2 is 1.24 bits per heavy atom. The summed E-state index contributed by atoms with van der Waals surface area (Å²) in [5, 5.41) is 0. The van der Waals surface area contributed by atoms with Gasteiger partial charge in [-0.1, -0.05) is 23.3 Å². The van der Waals surface area contributed by atoms with Crippen LogP contribution in [0.15, 0.2) is 84.9 Å². The summed E-state index contributed by atoms with van der Waals surface area (Å²) < 4.78 is 11.3. The zero-order chi connectivity index (χ0) is 22.4. The minimum atomic E-state index is -0.0113. The molecule has 6 rings (SSSR count). The van der Waals surface area contributed by atoms with E-state index in [1.807, 2.05) is 0 Å². The number of nitrogens with zero attached hydrogens (tertiary/aromatic N) is 4. The first-order valence-corrected chi connectivity index (χ1v) is 12.5. The van der Waals surface area contributed by atoms with E-state index < -0.39 is 0 Å².